The van der Waals surface area contributed by atoms with Gasteiger partial charge in [0.15, 0.2) is 0 Å². The number of hydrogen-bond donors (Lipinski definition) is 1. The number of nitrogens with one attached hydrogen (secondary N) is 1. The number of nitrogens with zero attached hydrogens (tertiary/aromatic N) is 1. The monoisotopic (exact) mass is 408 g/mol. The fraction of sp³-hybridized carbons (Fsp3) is 0.350. The van der Waals surface area contributed by atoms with E-state index in [2.05, 4.69) is 5.32 Å². The highest BCUT2D eigenvalue weighted by molar-refractivity contribution is 7.92. The average molecular weight is 409 g/mol. The summed E-state index contributed by atoms with van der Waals surface area (Å²) >= 11 is 5.87. The summed E-state index contributed by atoms with van der Waals surface area (Å²) in [6.07, 6.45) is 1.48. The highest BCUT2D eigenvalue weighted by Gasteiger charge is 2.32. The van der Waals surface area contributed by atoms with Gasteiger partial charge in [-0.05, 0) is 55.2 Å². The number of sulfonamides is 1. The molecule has 0 aromatic heterocycles. The van der Waals surface area contributed by atoms with Crippen molar-refractivity contribution in [1.82, 2.24) is 5.32 Å². The molecule has 146 valence electrons. The van der Waals surface area contributed by atoms with Crippen LogP contribution in [0.25, 0.3) is 0 Å². The molecule has 1 unspecified atom stereocenters. The zero-order valence-corrected chi connectivity index (χ0v) is 17.6. The molecule has 1 atom stereocenters. The van der Waals surface area contributed by atoms with Crippen LogP contribution in [0.3, 0.4) is 0 Å². The summed E-state index contributed by atoms with van der Waals surface area (Å²) in [7, 11) is -3.65. The van der Waals surface area contributed by atoms with E-state index in [4.69, 9.17) is 11.6 Å². The summed E-state index contributed by atoms with van der Waals surface area (Å²) in [4.78, 5) is 12.8. The smallest absolute Gasteiger partial charge is 0.244 e. The lowest BCUT2D eigenvalue weighted by atomic mass is 10.1. The van der Waals surface area contributed by atoms with Crippen LogP contribution in [0.5, 0.6) is 0 Å². The number of aryl methyl sites for hydroxylation is 2. The first-order chi connectivity index (χ1) is 12.6. The molecule has 0 aliphatic rings. The first-order valence-corrected chi connectivity index (χ1v) is 10.9. The summed E-state index contributed by atoms with van der Waals surface area (Å²) in [5, 5.41) is 3.46. The Morgan fingerprint density at radius 1 is 1.15 bits per heavy atom. The minimum absolute atomic E-state index is 0.302. The van der Waals surface area contributed by atoms with Crippen molar-refractivity contribution in [3.05, 3.63) is 64.2 Å². The zero-order valence-electron chi connectivity index (χ0n) is 16.0. The first kappa shape index (κ1) is 21.3. The second-order valence-corrected chi connectivity index (χ2v) is 8.91. The summed E-state index contributed by atoms with van der Waals surface area (Å²) in [5.74, 6) is -0.334. The Labute approximate surface area is 166 Å². The molecule has 0 saturated carbocycles. The fourth-order valence-electron chi connectivity index (χ4n) is 2.90. The van der Waals surface area contributed by atoms with Crippen molar-refractivity contribution < 1.29 is 13.2 Å². The number of halogens is 1. The quantitative estimate of drug-likeness (QED) is 0.757. The number of carbonyl (C=O) groups is 1. The van der Waals surface area contributed by atoms with E-state index in [1.807, 2.05) is 38.1 Å². The number of hydrogen-bond acceptors (Lipinski definition) is 3. The van der Waals surface area contributed by atoms with Gasteiger partial charge in [-0.15, -0.1) is 0 Å². The Morgan fingerprint density at radius 2 is 1.78 bits per heavy atom. The molecule has 0 heterocycles. The van der Waals surface area contributed by atoms with Gasteiger partial charge in [0.2, 0.25) is 15.9 Å². The summed E-state index contributed by atoms with van der Waals surface area (Å²) in [6.45, 7) is 5.84. The Hall–Kier alpha value is -2.05. The summed E-state index contributed by atoms with van der Waals surface area (Å²) in [5.41, 5.74) is 3.15. The zero-order chi connectivity index (χ0) is 20.2. The number of anilines is 1. The molecule has 7 heteroatoms. The third-order valence-electron chi connectivity index (χ3n) is 4.31. The van der Waals surface area contributed by atoms with Gasteiger partial charge in [0.05, 0.1) is 11.9 Å². The van der Waals surface area contributed by atoms with Crippen LogP contribution in [-0.4, -0.2) is 26.6 Å². The maximum atomic E-state index is 12.8. The first-order valence-electron chi connectivity index (χ1n) is 8.72. The van der Waals surface area contributed by atoms with Gasteiger partial charge in [0.25, 0.3) is 0 Å². The van der Waals surface area contributed by atoms with Gasteiger partial charge >= 0.3 is 0 Å². The second-order valence-electron chi connectivity index (χ2n) is 6.62. The molecule has 0 fully saturated rings. The largest absolute Gasteiger partial charge is 0.350 e. The van der Waals surface area contributed by atoms with Crippen molar-refractivity contribution in [2.75, 3.05) is 10.6 Å². The molecule has 0 radical (unpaired) electrons. The average Bonchev–Trinajstić information content (AvgIpc) is 2.60. The van der Waals surface area contributed by atoms with Crippen molar-refractivity contribution in [3.63, 3.8) is 0 Å². The van der Waals surface area contributed by atoms with Crippen molar-refractivity contribution in [2.45, 2.75) is 39.8 Å². The molecule has 5 nitrogen and oxygen atoms in total. The molecule has 1 amide bonds. The Morgan fingerprint density at radius 3 is 2.33 bits per heavy atom. The Kier molecular flexibility index (Phi) is 6.89. The van der Waals surface area contributed by atoms with Gasteiger partial charge in [-0.2, -0.15) is 0 Å². The molecule has 0 spiro atoms. The minimum atomic E-state index is -3.65. The van der Waals surface area contributed by atoms with E-state index in [0.29, 0.717) is 23.7 Å². The van der Waals surface area contributed by atoms with Gasteiger partial charge < -0.3 is 5.32 Å². The van der Waals surface area contributed by atoms with E-state index in [9.17, 15) is 13.2 Å². The van der Waals surface area contributed by atoms with Crippen molar-refractivity contribution in [1.29, 1.82) is 0 Å². The van der Waals surface area contributed by atoms with Crippen LogP contribution >= 0.6 is 11.6 Å². The lowest BCUT2D eigenvalue weighted by molar-refractivity contribution is -0.122. The molecule has 0 aliphatic heterocycles. The van der Waals surface area contributed by atoms with Crippen molar-refractivity contribution in [2.24, 2.45) is 0 Å². The van der Waals surface area contributed by atoms with Gasteiger partial charge in [0, 0.05) is 11.6 Å². The van der Waals surface area contributed by atoms with E-state index < -0.39 is 16.1 Å². The van der Waals surface area contributed by atoms with Crippen LogP contribution in [0.2, 0.25) is 5.02 Å². The standard InChI is InChI=1S/C20H25ClN2O3S/c1-5-18(20(24)22-13-16-8-10-17(21)11-9-16)23(27(4,25)26)19-12-14(2)6-7-15(19)3/h6-12,18H,5,13H2,1-4H3,(H,22,24). The van der Waals surface area contributed by atoms with Crippen LogP contribution < -0.4 is 9.62 Å². The molecule has 0 aliphatic carbocycles. The Bertz CT molecular complexity index is 911. The van der Waals surface area contributed by atoms with Gasteiger partial charge in [-0.25, -0.2) is 8.42 Å². The minimum Gasteiger partial charge on any atom is -0.350 e. The number of amides is 1. The molecule has 0 saturated heterocycles. The van der Waals surface area contributed by atoms with Crippen LogP contribution in [0.4, 0.5) is 5.69 Å². The van der Waals surface area contributed by atoms with Crippen molar-refractivity contribution in [3.8, 4) is 0 Å². The summed E-state index contributed by atoms with van der Waals surface area (Å²) < 4.78 is 26.3. The predicted octanol–water partition coefficient (Wildman–Crippen LogP) is 3.82. The normalized spacial score (nSPS) is 12.5. The van der Waals surface area contributed by atoms with Crippen LogP contribution in [0.1, 0.15) is 30.0 Å². The van der Waals surface area contributed by atoms with E-state index in [-0.39, 0.29) is 5.91 Å². The lowest BCUT2D eigenvalue weighted by Crippen LogP contribution is -2.49. The third kappa shape index (κ3) is 5.47. The topological polar surface area (TPSA) is 66.5 Å². The SMILES string of the molecule is CCC(C(=O)NCc1ccc(Cl)cc1)N(c1cc(C)ccc1C)S(C)(=O)=O. The van der Waals surface area contributed by atoms with E-state index in [1.54, 1.807) is 25.1 Å². The van der Waals surface area contributed by atoms with E-state index >= 15 is 0 Å². The molecule has 0 bridgehead atoms. The van der Waals surface area contributed by atoms with E-state index in [1.165, 1.54) is 4.31 Å². The number of rotatable bonds is 7. The molecule has 27 heavy (non-hydrogen) atoms. The third-order valence-corrected chi connectivity index (χ3v) is 5.73. The number of carbonyl (C=O) groups excluding carboxylic acids is 1. The second kappa shape index (κ2) is 8.76. The maximum Gasteiger partial charge on any atom is 0.244 e. The Balaban J connectivity index is 2.30. The van der Waals surface area contributed by atoms with Gasteiger partial charge in [0.1, 0.15) is 6.04 Å². The molecule has 1 N–H and O–H groups in total. The van der Waals surface area contributed by atoms with Crippen molar-refractivity contribution >= 4 is 33.2 Å². The molecular formula is C20H25ClN2O3S. The number of benzene rings is 2. The van der Waals surface area contributed by atoms with Crippen LogP contribution in [-0.2, 0) is 21.4 Å². The molecule has 2 rings (SSSR count). The van der Waals surface area contributed by atoms with Gasteiger partial charge in [-0.1, -0.05) is 42.8 Å². The fourth-order valence-corrected chi connectivity index (χ4v) is 4.29. The van der Waals surface area contributed by atoms with Gasteiger partial charge in [-0.3, -0.25) is 9.10 Å². The maximum absolute atomic E-state index is 12.8. The summed E-state index contributed by atoms with van der Waals surface area (Å²) in [6, 6.07) is 11.9. The predicted molar refractivity (Wildman–Crippen MR) is 111 cm³/mol. The van der Waals surface area contributed by atoms with Crippen LogP contribution in [0.15, 0.2) is 42.5 Å². The van der Waals surface area contributed by atoms with Crippen LogP contribution in [0, 0.1) is 13.8 Å². The lowest BCUT2D eigenvalue weighted by Gasteiger charge is -2.31. The highest BCUT2D eigenvalue weighted by Crippen LogP contribution is 2.27. The molecule has 2 aromatic carbocycles. The molecule has 2 aromatic rings. The van der Waals surface area contributed by atoms with E-state index in [0.717, 1.165) is 22.9 Å². The highest BCUT2D eigenvalue weighted by atomic mass is 35.5. The molecular weight excluding hydrogens is 384 g/mol.